The Bertz CT molecular complexity index is 436. The van der Waals surface area contributed by atoms with Crippen LogP contribution in [0.3, 0.4) is 0 Å². The Morgan fingerprint density at radius 2 is 2.11 bits per heavy atom. The summed E-state index contributed by atoms with van der Waals surface area (Å²) in [6, 6.07) is 4.57. The second-order valence-corrected chi connectivity index (χ2v) is 6.42. The fraction of sp³-hybridized carbons (Fsp3) is 0.300. The molecule has 1 aromatic rings. The number of nitrogens with one attached hydrogen (secondary N) is 1. The first kappa shape index (κ1) is 16.4. The maximum atomic E-state index is 11.5. The van der Waals surface area contributed by atoms with Gasteiger partial charge in [-0.1, -0.05) is 55.1 Å². The standard InChI is InChI=1S/C10H9Br2Cl2NO2S/c11-4-6(12)9(18)15-10(16)17-5-1-2-7(13)8(14)3-5/h1-3,6,9,18H,4H2,(H,15,16). The zero-order valence-corrected chi connectivity index (χ0v) is 14.4. The molecule has 1 amide bonds. The summed E-state index contributed by atoms with van der Waals surface area (Å²) in [4.78, 5) is 11.5. The van der Waals surface area contributed by atoms with Crippen molar-refractivity contribution in [2.75, 3.05) is 5.33 Å². The lowest BCUT2D eigenvalue weighted by atomic mass is 10.3. The van der Waals surface area contributed by atoms with Gasteiger partial charge in [0.15, 0.2) is 0 Å². The summed E-state index contributed by atoms with van der Waals surface area (Å²) in [6.45, 7) is 0. The summed E-state index contributed by atoms with van der Waals surface area (Å²) in [5.74, 6) is 0.312. The highest BCUT2D eigenvalue weighted by Crippen LogP contribution is 2.26. The van der Waals surface area contributed by atoms with Crippen LogP contribution < -0.4 is 10.1 Å². The van der Waals surface area contributed by atoms with Crippen molar-refractivity contribution in [1.82, 2.24) is 5.32 Å². The topological polar surface area (TPSA) is 38.3 Å². The third-order valence-electron chi connectivity index (χ3n) is 1.86. The zero-order chi connectivity index (χ0) is 13.7. The first-order valence-corrected chi connectivity index (χ1v) is 8.06. The molecule has 8 heteroatoms. The van der Waals surface area contributed by atoms with Crippen LogP contribution in [0.2, 0.25) is 10.0 Å². The van der Waals surface area contributed by atoms with Crippen molar-refractivity contribution in [2.45, 2.75) is 10.2 Å². The molecule has 0 radical (unpaired) electrons. The van der Waals surface area contributed by atoms with E-state index >= 15 is 0 Å². The summed E-state index contributed by atoms with van der Waals surface area (Å²) >= 11 is 22.4. The average Bonchev–Trinajstić information content (AvgIpc) is 2.32. The zero-order valence-electron chi connectivity index (χ0n) is 8.87. The van der Waals surface area contributed by atoms with E-state index in [9.17, 15) is 4.79 Å². The highest BCUT2D eigenvalue weighted by atomic mass is 79.9. The van der Waals surface area contributed by atoms with Crippen molar-refractivity contribution in [3.05, 3.63) is 28.2 Å². The summed E-state index contributed by atoms with van der Waals surface area (Å²) in [7, 11) is 0. The Kier molecular flexibility index (Phi) is 7.16. The SMILES string of the molecule is O=C(NC(S)C(Br)CBr)Oc1ccc(Cl)c(Cl)c1. The van der Waals surface area contributed by atoms with Gasteiger partial charge in [-0.25, -0.2) is 4.79 Å². The number of carbonyl (C=O) groups excluding carboxylic acids is 1. The quantitative estimate of drug-likeness (QED) is 0.413. The molecule has 0 bridgehead atoms. The molecule has 0 aliphatic carbocycles. The molecule has 1 aromatic carbocycles. The molecule has 0 aliphatic rings. The first-order valence-electron chi connectivity index (χ1n) is 4.75. The van der Waals surface area contributed by atoms with E-state index in [4.69, 9.17) is 27.9 Å². The molecule has 3 nitrogen and oxygen atoms in total. The minimum atomic E-state index is -0.612. The first-order chi connectivity index (χ1) is 8.43. The highest BCUT2D eigenvalue weighted by Gasteiger charge is 2.17. The Hall–Kier alpha value is 0.380. The van der Waals surface area contributed by atoms with E-state index in [-0.39, 0.29) is 10.2 Å². The molecule has 0 aromatic heterocycles. The Balaban J connectivity index is 2.57. The second kappa shape index (κ2) is 7.85. The number of amides is 1. The number of hydrogen-bond acceptors (Lipinski definition) is 3. The van der Waals surface area contributed by atoms with Gasteiger partial charge in [0.05, 0.1) is 20.2 Å². The Labute approximate surface area is 137 Å². The van der Waals surface area contributed by atoms with Crippen molar-refractivity contribution in [3.63, 3.8) is 0 Å². The van der Waals surface area contributed by atoms with E-state index in [1.54, 1.807) is 12.1 Å². The van der Waals surface area contributed by atoms with Gasteiger partial charge in [0, 0.05) is 11.4 Å². The van der Waals surface area contributed by atoms with Crippen LogP contribution in [-0.2, 0) is 0 Å². The molecule has 0 fully saturated rings. The van der Waals surface area contributed by atoms with Gasteiger partial charge in [-0.05, 0) is 12.1 Å². The molecule has 0 heterocycles. The number of thiol groups is 1. The largest absolute Gasteiger partial charge is 0.413 e. The number of hydrogen-bond donors (Lipinski definition) is 2. The van der Waals surface area contributed by atoms with Crippen LogP contribution in [0.25, 0.3) is 0 Å². The Morgan fingerprint density at radius 1 is 1.44 bits per heavy atom. The summed E-state index contributed by atoms with van der Waals surface area (Å²) < 4.78 is 5.04. The smallest absolute Gasteiger partial charge is 0.410 e. The van der Waals surface area contributed by atoms with Crippen LogP contribution in [0, 0.1) is 0 Å². The lowest BCUT2D eigenvalue weighted by Crippen LogP contribution is -2.39. The van der Waals surface area contributed by atoms with E-state index in [0.717, 1.165) is 0 Å². The Morgan fingerprint density at radius 3 is 2.67 bits per heavy atom. The van der Waals surface area contributed by atoms with Gasteiger partial charge in [-0.2, -0.15) is 12.6 Å². The molecule has 1 rings (SSSR count). The third kappa shape index (κ3) is 5.17. The molecule has 0 aliphatic heterocycles. The van der Waals surface area contributed by atoms with Crippen molar-refractivity contribution < 1.29 is 9.53 Å². The van der Waals surface area contributed by atoms with Gasteiger partial charge in [0.2, 0.25) is 0 Å². The number of halogens is 4. The fourth-order valence-corrected chi connectivity index (χ4v) is 2.27. The number of benzene rings is 1. The van der Waals surface area contributed by atoms with Crippen LogP contribution in [-0.4, -0.2) is 21.6 Å². The normalized spacial score (nSPS) is 13.8. The van der Waals surface area contributed by atoms with Gasteiger partial charge < -0.3 is 10.1 Å². The van der Waals surface area contributed by atoms with Crippen LogP contribution >= 0.6 is 67.7 Å². The maximum absolute atomic E-state index is 11.5. The number of rotatable bonds is 4. The van der Waals surface area contributed by atoms with Gasteiger partial charge >= 0.3 is 6.09 Å². The predicted molar refractivity (Wildman–Crippen MR) is 84.9 cm³/mol. The minimum Gasteiger partial charge on any atom is -0.410 e. The van der Waals surface area contributed by atoms with Crippen LogP contribution in [0.4, 0.5) is 4.79 Å². The molecule has 0 spiro atoms. The molecule has 18 heavy (non-hydrogen) atoms. The molecule has 0 saturated carbocycles. The monoisotopic (exact) mass is 435 g/mol. The van der Waals surface area contributed by atoms with Crippen molar-refractivity contribution in [1.29, 1.82) is 0 Å². The average molecular weight is 438 g/mol. The molecule has 100 valence electrons. The number of alkyl halides is 2. The highest BCUT2D eigenvalue weighted by molar-refractivity contribution is 9.12. The second-order valence-electron chi connectivity index (χ2n) is 3.22. The molecule has 2 unspecified atom stereocenters. The number of ether oxygens (including phenoxy) is 1. The predicted octanol–water partition coefficient (Wildman–Crippen LogP) is 4.50. The third-order valence-corrected chi connectivity index (χ3v) is 5.91. The van der Waals surface area contributed by atoms with E-state index < -0.39 is 6.09 Å². The van der Waals surface area contributed by atoms with Crippen molar-refractivity contribution in [2.24, 2.45) is 0 Å². The van der Waals surface area contributed by atoms with Gasteiger partial charge in [-0.3, -0.25) is 0 Å². The molecular formula is C10H9Br2Cl2NO2S. The summed E-state index contributed by atoms with van der Waals surface area (Å²) in [5.41, 5.74) is 0. The van der Waals surface area contributed by atoms with Crippen molar-refractivity contribution >= 4 is 73.8 Å². The summed E-state index contributed by atoms with van der Waals surface area (Å²) in [5, 5.41) is 3.56. The van der Waals surface area contributed by atoms with Crippen molar-refractivity contribution in [3.8, 4) is 5.75 Å². The maximum Gasteiger partial charge on any atom is 0.413 e. The van der Waals surface area contributed by atoms with Gasteiger partial charge in [0.25, 0.3) is 0 Å². The molecule has 0 saturated heterocycles. The van der Waals surface area contributed by atoms with Gasteiger partial charge in [0.1, 0.15) is 5.75 Å². The lowest BCUT2D eigenvalue weighted by molar-refractivity contribution is 0.199. The van der Waals surface area contributed by atoms with Crippen LogP contribution in [0.1, 0.15) is 0 Å². The molecule has 1 N–H and O–H groups in total. The van der Waals surface area contributed by atoms with Gasteiger partial charge in [-0.15, -0.1) is 0 Å². The van der Waals surface area contributed by atoms with E-state index in [0.29, 0.717) is 21.1 Å². The minimum absolute atomic E-state index is 0.0119. The fourth-order valence-electron chi connectivity index (χ4n) is 0.972. The van der Waals surface area contributed by atoms with Crippen LogP contribution in [0.5, 0.6) is 5.75 Å². The van der Waals surface area contributed by atoms with E-state index in [1.165, 1.54) is 6.07 Å². The van der Waals surface area contributed by atoms with Crippen LogP contribution in [0.15, 0.2) is 18.2 Å². The number of carbonyl (C=O) groups is 1. The molecule has 2 atom stereocenters. The lowest BCUT2D eigenvalue weighted by Gasteiger charge is -2.16. The van der Waals surface area contributed by atoms with E-state index in [1.807, 2.05) is 0 Å². The molecular weight excluding hydrogens is 429 g/mol. The summed E-state index contributed by atoms with van der Waals surface area (Å²) in [6.07, 6.45) is -0.612. The van der Waals surface area contributed by atoms with E-state index in [2.05, 4.69) is 49.8 Å².